The molecule has 0 saturated carbocycles. The molecular formula is C18H33N5O9. The highest BCUT2D eigenvalue weighted by atomic mass is 16.4. The highest BCUT2D eigenvalue weighted by molar-refractivity contribution is 5.78. The third-order valence-electron chi connectivity index (χ3n) is 4.87. The molecule has 0 bridgehead atoms. The summed E-state index contributed by atoms with van der Waals surface area (Å²) < 4.78 is 0. The Morgan fingerprint density at radius 2 is 0.906 bits per heavy atom. The molecule has 1 rings (SSSR count). The molecule has 1 aliphatic rings. The van der Waals surface area contributed by atoms with Crippen LogP contribution in [0.15, 0.2) is 0 Å². The molecule has 1 atom stereocenters. The zero-order valence-corrected chi connectivity index (χ0v) is 17.9. The van der Waals surface area contributed by atoms with Crippen LogP contribution in [0.4, 0.5) is 0 Å². The summed E-state index contributed by atoms with van der Waals surface area (Å²) in [4.78, 5) is 52.4. The van der Waals surface area contributed by atoms with Crippen LogP contribution in [0.25, 0.3) is 0 Å². The fourth-order valence-electron chi connectivity index (χ4n) is 3.27. The van der Waals surface area contributed by atoms with Crippen molar-refractivity contribution in [1.29, 1.82) is 0 Å². The van der Waals surface area contributed by atoms with Gasteiger partial charge in [-0.1, -0.05) is 0 Å². The lowest BCUT2D eigenvalue weighted by atomic mass is 10.3. The monoisotopic (exact) mass is 463 g/mol. The van der Waals surface area contributed by atoms with Crippen LogP contribution in [-0.2, 0) is 19.2 Å². The van der Waals surface area contributed by atoms with E-state index in [1.165, 1.54) is 0 Å². The summed E-state index contributed by atoms with van der Waals surface area (Å²) in [7, 11) is 0. The van der Waals surface area contributed by atoms with E-state index in [1.54, 1.807) is 19.6 Å². The maximum absolute atomic E-state index is 12.1. The van der Waals surface area contributed by atoms with Gasteiger partial charge in [-0.2, -0.15) is 0 Å². The summed E-state index contributed by atoms with van der Waals surface area (Å²) in [6.07, 6.45) is -1.40. The topological polar surface area (TPSA) is 194 Å². The van der Waals surface area contributed by atoms with Gasteiger partial charge in [-0.15, -0.1) is 0 Å². The van der Waals surface area contributed by atoms with Crippen molar-refractivity contribution >= 4 is 23.8 Å². The number of carbonyl (C=O) groups is 4. The summed E-state index contributed by atoms with van der Waals surface area (Å²) in [5.74, 6) is -3.65. The molecule has 1 saturated heterocycles. The Balaban J connectivity index is 2.93. The van der Waals surface area contributed by atoms with Crippen LogP contribution < -0.4 is 5.32 Å². The number of hydrogen-bond donors (Lipinski definition) is 6. The Morgan fingerprint density at radius 3 is 1.16 bits per heavy atom. The van der Waals surface area contributed by atoms with Gasteiger partial charge in [0.25, 0.3) is 0 Å². The molecule has 32 heavy (non-hydrogen) atoms. The third kappa shape index (κ3) is 12.5. The van der Waals surface area contributed by atoms with E-state index in [0.717, 1.165) is 0 Å². The summed E-state index contributed by atoms with van der Waals surface area (Å²) in [5, 5.41) is 48.0. The molecule has 6 N–H and O–H groups in total. The maximum Gasteiger partial charge on any atom is 0.317 e. The standard InChI is InChI=1S/C18H33N5O9/c24-13-15(26)19-14(25)9-20-1-3-21(10-16(27)28)5-7-23(12-18(31)32)8-6-22(4-2-20)11-17(29)30/h15,24,26H,1-13H2,(H,19,25)(H,27,28)(H,29,30)(H,31,32)/t15-/m1/s1. The SMILES string of the molecule is O=C(O)CN1CCN(CC(=O)O)CCN(CC(=O)N[C@H](O)CO)CCN(CC(=O)O)CC1. The van der Waals surface area contributed by atoms with Gasteiger partial charge in [-0.05, 0) is 0 Å². The van der Waals surface area contributed by atoms with E-state index in [4.69, 9.17) is 10.2 Å². The molecular weight excluding hydrogens is 430 g/mol. The Morgan fingerprint density at radius 1 is 0.625 bits per heavy atom. The van der Waals surface area contributed by atoms with Crippen molar-refractivity contribution in [2.45, 2.75) is 6.23 Å². The first-order valence-electron chi connectivity index (χ1n) is 10.2. The summed E-state index contributed by atoms with van der Waals surface area (Å²) in [6.45, 7) is 0.722. The minimum atomic E-state index is -1.40. The first-order chi connectivity index (χ1) is 15.1. The fourth-order valence-corrected chi connectivity index (χ4v) is 3.27. The quantitative estimate of drug-likeness (QED) is 0.171. The molecule has 1 amide bonds. The van der Waals surface area contributed by atoms with Gasteiger partial charge in [0.2, 0.25) is 5.91 Å². The molecule has 0 aromatic rings. The first kappa shape index (κ1) is 27.7. The molecule has 1 fully saturated rings. The van der Waals surface area contributed by atoms with Crippen molar-refractivity contribution in [3.8, 4) is 0 Å². The summed E-state index contributed by atoms with van der Waals surface area (Å²) in [6, 6.07) is 0. The number of aliphatic hydroxyl groups excluding tert-OH is 2. The van der Waals surface area contributed by atoms with Crippen molar-refractivity contribution < 1.29 is 44.7 Å². The van der Waals surface area contributed by atoms with Gasteiger partial charge in [0, 0.05) is 52.4 Å². The van der Waals surface area contributed by atoms with Crippen molar-refractivity contribution in [3.63, 3.8) is 0 Å². The van der Waals surface area contributed by atoms with Gasteiger partial charge < -0.3 is 30.8 Å². The lowest BCUT2D eigenvalue weighted by Crippen LogP contribution is -2.50. The molecule has 184 valence electrons. The van der Waals surface area contributed by atoms with Gasteiger partial charge in [0.05, 0.1) is 32.8 Å². The van der Waals surface area contributed by atoms with Crippen molar-refractivity contribution in [2.24, 2.45) is 0 Å². The van der Waals surface area contributed by atoms with Crippen LogP contribution in [-0.4, -0.2) is 160 Å². The zero-order valence-electron chi connectivity index (χ0n) is 17.9. The predicted octanol–water partition coefficient (Wildman–Crippen LogP) is -4.11. The average Bonchev–Trinajstić information content (AvgIpc) is 2.68. The number of nitrogens with zero attached hydrogens (tertiary/aromatic N) is 4. The molecule has 14 nitrogen and oxygen atoms in total. The van der Waals surface area contributed by atoms with Gasteiger partial charge in [-0.3, -0.25) is 38.8 Å². The first-order valence-corrected chi connectivity index (χ1v) is 10.2. The van der Waals surface area contributed by atoms with Gasteiger partial charge in [0.1, 0.15) is 6.23 Å². The van der Waals surface area contributed by atoms with Crippen LogP contribution in [0.2, 0.25) is 0 Å². The summed E-state index contributed by atoms with van der Waals surface area (Å²) in [5.41, 5.74) is 0. The molecule has 0 aliphatic carbocycles. The van der Waals surface area contributed by atoms with Crippen LogP contribution in [0.1, 0.15) is 0 Å². The predicted molar refractivity (Wildman–Crippen MR) is 110 cm³/mol. The number of aliphatic hydroxyl groups is 2. The third-order valence-corrected chi connectivity index (χ3v) is 4.87. The van der Waals surface area contributed by atoms with Crippen molar-refractivity contribution in [1.82, 2.24) is 24.9 Å². The van der Waals surface area contributed by atoms with E-state index in [1.807, 2.05) is 0 Å². The van der Waals surface area contributed by atoms with Crippen LogP contribution in [0.3, 0.4) is 0 Å². The number of carbonyl (C=O) groups excluding carboxylic acids is 1. The summed E-state index contributed by atoms with van der Waals surface area (Å²) >= 11 is 0. The molecule has 0 radical (unpaired) electrons. The minimum absolute atomic E-state index is 0.135. The highest BCUT2D eigenvalue weighted by Gasteiger charge is 2.21. The number of hydrogen-bond acceptors (Lipinski definition) is 10. The number of rotatable bonds is 10. The van der Waals surface area contributed by atoms with E-state index in [0.29, 0.717) is 0 Å². The highest BCUT2D eigenvalue weighted by Crippen LogP contribution is 2.01. The van der Waals surface area contributed by atoms with Crippen molar-refractivity contribution in [2.75, 3.05) is 85.1 Å². The fraction of sp³-hybridized carbons (Fsp3) is 0.778. The second-order valence-electron chi connectivity index (χ2n) is 7.55. The number of aliphatic carboxylic acids is 3. The smallest absolute Gasteiger partial charge is 0.317 e. The van der Waals surface area contributed by atoms with Gasteiger partial charge >= 0.3 is 17.9 Å². The maximum atomic E-state index is 12.1. The average molecular weight is 463 g/mol. The molecule has 1 heterocycles. The van der Waals surface area contributed by atoms with Gasteiger partial charge in [-0.25, -0.2) is 0 Å². The lowest BCUT2D eigenvalue weighted by Gasteiger charge is -2.32. The lowest BCUT2D eigenvalue weighted by molar-refractivity contribution is -0.140. The van der Waals surface area contributed by atoms with E-state index >= 15 is 0 Å². The van der Waals surface area contributed by atoms with Crippen molar-refractivity contribution in [3.05, 3.63) is 0 Å². The molecule has 1 aliphatic heterocycles. The second kappa shape index (κ2) is 14.7. The molecule has 0 aromatic carbocycles. The second-order valence-corrected chi connectivity index (χ2v) is 7.55. The minimum Gasteiger partial charge on any atom is -0.480 e. The Bertz CT molecular complexity index is 604. The number of carboxylic acids is 3. The molecule has 14 heteroatoms. The van der Waals surface area contributed by atoms with Crippen LogP contribution >= 0.6 is 0 Å². The van der Waals surface area contributed by atoms with E-state index < -0.39 is 36.6 Å². The molecule has 0 aromatic heterocycles. The van der Waals surface area contributed by atoms with Crippen LogP contribution in [0.5, 0.6) is 0 Å². The molecule has 0 spiro atoms. The van der Waals surface area contributed by atoms with Gasteiger partial charge in [0.15, 0.2) is 0 Å². The Labute approximate surface area is 185 Å². The number of amides is 1. The largest absolute Gasteiger partial charge is 0.480 e. The van der Waals surface area contributed by atoms with E-state index in [-0.39, 0.29) is 78.5 Å². The van der Waals surface area contributed by atoms with E-state index in [2.05, 4.69) is 5.32 Å². The number of carboxylic acid groups (broad SMARTS) is 3. The number of nitrogens with one attached hydrogen (secondary N) is 1. The van der Waals surface area contributed by atoms with Crippen LogP contribution in [0, 0.1) is 0 Å². The van der Waals surface area contributed by atoms with E-state index in [9.17, 15) is 34.5 Å². The molecule has 0 unspecified atom stereocenters. The zero-order chi connectivity index (χ0) is 24.1. The normalized spacial score (nSPS) is 19.4. The Kier molecular flexibility index (Phi) is 12.7. The Hall–Kier alpha value is -2.36.